The van der Waals surface area contributed by atoms with Gasteiger partial charge in [0.25, 0.3) is 0 Å². The smallest absolute Gasteiger partial charge is 0.151 e. The van der Waals surface area contributed by atoms with E-state index in [1.165, 1.54) is 19.3 Å². The van der Waals surface area contributed by atoms with Gasteiger partial charge in [-0.25, -0.2) is 8.42 Å². The van der Waals surface area contributed by atoms with Crippen LogP contribution in [0.3, 0.4) is 0 Å². The molecule has 2 atom stereocenters. The summed E-state index contributed by atoms with van der Waals surface area (Å²) in [7, 11) is -2.73. The van der Waals surface area contributed by atoms with E-state index in [1.54, 1.807) is 0 Å². The third kappa shape index (κ3) is 4.51. The second-order valence-corrected chi connectivity index (χ2v) is 6.74. The Bertz CT molecular complexity index is 274. The summed E-state index contributed by atoms with van der Waals surface area (Å²) >= 11 is 0. The number of unbranched alkanes of at least 4 members (excludes halogenated alkanes) is 1. The Morgan fingerprint density at radius 3 is 2.60 bits per heavy atom. The van der Waals surface area contributed by atoms with Crippen LogP contribution in [0.4, 0.5) is 0 Å². The number of hydrogen-bond acceptors (Lipinski definition) is 3. The molecule has 0 aromatic carbocycles. The molecule has 0 aliphatic carbocycles. The average Bonchev–Trinajstić information content (AvgIpc) is 2.52. The van der Waals surface area contributed by atoms with Crippen molar-refractivity contribution < 1.29 is 8.42 Å². The molecule has 1 saturated heterocycles. The molecular formula is C11H23NO2S. The van der Waals surface area contributed by atoms with Gasteiger partial charge in [0.1, 0.15) is 0 Å². The van der Waals surface area contributed by atoms with E-state index < -0.39 is 9.84 Å². The average molecular weight is 233 g/mol. The third-order valence-corrected chi connectivity index (χ3v) is 4.87. The monoisotopic (exact) mass is 233 g/mol. The van der Waals surface area contributed by atoms with Crippen molar-refractivity contribution in [1.82, 2.24) is 5.32 Å². The van der Waals surface area contributed by atoms with Crippen LogP contribution in [0.1, 0.15) is 46.0 Å². The van der Waals surface area contributed by atoms with Crippen LogP contribution in [-0.4, -0.2) is 32.0 Å². The summed E-state index contributed by atoms with van der Waals surface area (Å²) in [6, 6.07) is 0.708. The topological polar surface area (TPSA) is 46.2 Å². The Kier molecular flexibility index (Phi) is 5.06. The lowest BCUT2D eigenvalue weighted by molar-refractivity contribution is 0.406. The summed E-state index contributed by atoms with van der Waals surface area (Å²) < 4.78 is 22.6. The summed E-state index contributed by atoms with van der Waals surface area (Å²) in [6.07, 6.45) is 5.50. The number of rotatable bonds is 6. The summed E-state index contributed by atoms with van der Waals surface area (Å²) in [5.74, 6) is 0.713. The standard InChI is InChI=1S/C11H23NO2S/c1-3-5-6-10(4-2)12-11-7-8-15(13,14)9-11/h10-12H,3-9H2,1-2H3. The molecular weight excluding hydrogens is 210 g/mol. The molecule has 2 unspecified atom stereocenters. The maximum Gasteiger partial charge on any atom is 0.151 e. The highest BCUT2D eigenvalue weighted by Gasteiger charge is 2.28. The van der Waals surface area contributed by atoms with Crippen LogP contribution in [0.25, 0.3) is 0 Å². The summed E-state index contributed by atoms with van der Waals surface area (Å²) in [5, 5.41) is 3.48. The van der Waals surface area contributed by atoms with Crippen LogP contribution in [0.5, 0.6) is 0 Å². The molecule has 1 N–H and O–H groups in total. The van der Waals surface area contributed by atoms with E-state index in [0.29, 0.717) is 17.5 Å². The van der Waals surface area contributed by atoms with Crippen LogP contribution < -0.4 is 5.32 Å². The van der Waals surface area contributed by atoms with Crippen molar-refractivity contribution in [3.8, 4) is 0 Å². The Hall–Kier alpha value is -0.0900. The number of nitrogens with one attached hydrogen (secondary N) is 1. The second kappa shape index (κ2) is 5.85. The van der Waals surface area contributed by atoms with Gasteiger partial charge in [-0.05, 0) is 19.3 Å². The molecule has 15 heavy (non-hydrogen) atoms. The molecule has 0 radical (unpaired) electrons. The minimum absolute atomic E-state index is 0.205. The van der Waals surface area contributed by atoms with E-state index in [0.717, 1.165) is 12.8 Å². The fourth-order valence-electron chi connectivity index (χ4n) is 2.12. The Labute approximate surface area is 93.6 Å². The van der Waals surface area contributed by atoms with E-state index in [-0.39, 0.29) is 6.04 Å². The molecule has 0 aromatic heterocycles. The van der Waals surface area contributed by atoms with E-state index in [1.807, 2.05) is 0 Å². The van der Waals surface area contributed by atoms with Crippen molar-refractivity contribution in [3.05, 3.63) is 0 Å². The Morgan fingerprint density at radius 1 is 1.40 bits per heavy atom. The fraction of sp³-hybridized carbons (Fsp3) is 1.00. The first kappa shape index (κ1) is 13.0. The van der Waals surface area contributed by atoms with Crippen LogP contribution in [0.15, 0.2) is 0 Å². The summed E-state index contributed by atoms with van der Waals surface area (Å²) in [6.45, 7) is 4.35. The maximum atomic E-state index is 11.3. The lowest BCUT2D eigenvalue weighted by Gasteiger charge is -2.20. The van der Waals surface area contributed by atoms with E-state index in [9.17, 15) is 8.42 Å². The van der Waals surface area contributed by atoms with Gasteiger partial charge in [-0.1, -0.05) is 26.7 Å². The Morgan fingerprint density at radius 2 is 2.13 bits per heavy atom. The van der Waals surface area contributed by atoms with Gasteiger partial charge >= 0.3 is 0 Å². The number of hydrogen-bond donors (Lipinski definition) is 1. The molecule has 90 valence electrons. The maximum absolute atomic E-state index is 11.3. The minimum Gasteiger partial charge on any atom is -0.310 e. The highest BCUT2D eigenvalue weighted by molar-refractivity contribution is 7.91. The highest BCUT2D eigenvalue weighted by Crippen LogP contribution is 2.14. The van der Waals surface area contributed by atoms with Crippen LogP contribution in [0.2, 0.25) is 0 Å². The molecule has 1 fully saturated rings. The van der Waals surface area contributed by atoms with Crippen molar-refractivity contribution >= 4 is 9.84 Å². The van der Waals surface area contributed by atoms with Gasteiger partial charge in [0.15, 0.2) is 9.84 Å². The normalized spacial score (nSPS) is 26.7. The number of sulfone groups is 1. The molecule has 0 spiro atoms. The molecule has 4 heteroatoms. The SMILES string of the molecule is CCCCC(CC)NC1CCS(=O)(=O)C1. The quantitative estimate of drug-likeness (QED) is 0.760. The minimum atomic E-state index is -2.73. The molecule has 0 aromatic rings. The van der Waals surface area contributed by atoms with Gasteiger partial charge in [-0.2, -0.15) is 0 Å². The van der Waals surface area contributed by atoms with Gasteiger partial charge in [0, 0.05) is 12.1 Å². The van der Waals surface area contributed by atoms with Crippen LogP contribution in [-0.2, 0) is 9.84 Å². The van der Waals surface area contributed by atoms with E-state index >= 15 is 0 Å². The molecule has 3 nitrogen and oxygen atoms in total. The summed E-state index contributed by atoms with van der Waals surface area (Å²) in [4.78, 5) is 0. The Balaban J connectivity index is 2.33. The molecule has 1 aliphatic rings. The van der Waals surface area contributed by atoms with Gasteiger partial charge < -0.3 is 5.32 Å². The predicted molar refractivity (Wildman–Crippen MR) is 63.8 cm³/mol. The van der Waals surface area contributed by atoms with Gasteiger partial charge in [0.2, 0.25) is 0 Å². The molecule has 0 amide bonds. The van der Waals surface area contributed by atoms with E-state index in [2.05, 4.69) is 19.2 Å². The zero-order valence-electron chi connectivity index (χ0n) is 9.83. The highest BCUT2D eigenvalue weighted by atomic mass is 32.2. The van der Waals surface area contributed by atoms with Gasteiger partial charge in [-0.15, -0.1) is 0 Å². The predicted octanol–water partition coefficient (Wildman–Crippen LogP) is 1.73. The lowest BCUT2D eigenvalue weighted by Crippen LogP contribution is -2.38. The fourth-order valence-corrected chi connectivity index (χ4v) is 3.80. The zero-order chi connectivity index (χ0) is 11.3. The van der Waals surface area contributed by atoms with Crippen LogP contribution in [0, 0.1) is 0 Å². The molecule has 0 bridgehead atoms. The van der Waals surface area contributed by atoms with Crippen molar-refractivity contribution in [2.24, 2.45) is 0 Å². The second-order valence-electron chi connectivity index (χ2n) is 4.51. The van der Waals surface area contributed by atoms with Crippen LogP contribution >= 0.6 is 0 Å². The van der Waals surface area contributed by atoms with Crippen molar-refractivity contribution in [2.75, 3.05) is 11.5 Å². The summed E-state index contributed by atoms with van der Waals surface area (Å²) in [5.41, 5.74) is 0. The van der Waals surface area contributed by atoms with E-state index in [4.69, 9.17) is 0 Å². The van der Waals surface area contributed by atoms with Gasteiger partial charge in [0.05, 0.1) is 11.5 Å². The van der Waals surface area contributed by atoms with Crippen molar-refractivity contribution in [2.45, 2.75) is 58.0 Å². The molecule has 1 heterocycles. The molecule has 0 saturated carbocycles. The zero-order valence-corrected chi connectivity index (χ0v) is 10.6. The largest absolute Gasteiger partial charge is 0.310 e. The first-order valence-electron chi connectivity index (χ1n) is 6.04. The van der Waals surface area contributed by atoms with Crippen molar-refractivity contribution in [3.63, 3.8) is 0 Å². The first-order chi connectivity index (χ1) is 7.07. The molecule has 1 rings (SSSR count). The third-order valence-electron chi connectivity index (χ3n) is 3.10. The lowest BCUT2D eigenvalue weighted by atomic mass is 10.1. The first-order valence-corrected chi connectivity index (χ1v) is 7.86. The molecule has 1 aliphatic heterocycles. The van der Waals surface area contributed by atoms with Gasteiger partial charge in [-0.3, -0.25) is 0 Å². The van der Waals surface area contributed by atoms with Crippen molar-refractivity contribution in [1.29, 1.82) is 0 Å².